The Bertz CT molecular complexity index is 1170. The van der Waals surface area contributed by atoms with E-state index in [1.807, 2.05) is 38.1 Å². The predicted molar refractivity (Wildman–Crippen MR) is 101 cm³/mol. The molecule has 0 unspecified atom stereocenters. The summed E-state index contributed by atoms with van der Waals surface area (Å²) in [5.41, 5.74) is 3.28. The zero-order chi connectivity index (χ0) is 18.9. The van der Waals surface area contributed by atoms with E-state index in [9.17, 15) is 13.2 Å². The number of aromatic amines is 1. The van der Waals surface area contributed by atoms with Gasteiger partial charge in [-0.3, -0.25) is 4.79 Å². The largest absolute Gasteiger partial charge is 0.357 e. The molecule has 1 N–H and O–H groups in total. The van der Waals surface area contributed by atoms with Gasteiger partial charge in [0.25, 0.3) is 0 Å². The van der Waals surface area contributed by atoms with Crippen molar-refractivity contribution >= 4 is 26.7 Å². The molecule has 6 heteroatoms. The third-order valence-electron chi connectivity index (χ3n) is 5.25. The Balaban J connectivity index is 2.02. The molecule has 134 valence electrons. The molecule has 1 aromatic heterocycles. The lowest BCUT2D eigenvalue weighted by molar-refractivity contribution is 0.103. The molecule has 1 heterocycles. The lowest BCUT2D eigenvalue weighted by Gasteiger charge is -2.32. The maximum atomic E-state index is 13.3. The van der Waals surface area contributed by atoms with Gasteiger partial charge in [0.05, 0.1) is 10.5 Å². The van der Waals surface area contributed by atoms with E-state index in [4.69, 9.17) is 0 Å². The van der Waals surface area contributed by atoms with E-state index < -0.39 is 15.4 Å². The monoisotopic (exact) mass is 368 g/mol. The second kappa shape index (κ2) is 5.28. The van der Waals surface area contributed by atoms with Crippen LogP contribution in [0.4, 0.5) is 0 Å². The van der Waals surface area contributed by atoms with E-state index in [1.54, 1.807) is 12.1 Å². The van der Waals surface area contributed by atoms with Crippen molar-refractivity contribution in [3.05, 3.63) is 64.8 Å². The molecule has 0 spiro atoms. The van der Waals surface area contributed by atoms with Gasteiger partial charge in [0.15, 0.2) is 5.78 Å². The molecule has 3 aromatic rings. The number of sulfonamides is 1. The highest BCUT2D eigenvalue weighted by Crippen LogP contribution is 2.44. The second-order valence-corrected chi connectivity index (χ2v) is 9.52. The van der Waals surface area contributed by atoms with Gasteiger partial charge < -0.3 is 4.98 Å². The van der Waals surface area contributed by atoms with E-state index in [0.717, 1.165) is 26.5 Å². The third-order valence-corrected chi connectivity index (χ3v) is 7.06. The molecular weight excluding hydrogens is 348 g/mol. The summed E-state index contributed by atoms with van der Waals surface area (Å²) in [6.45, 7) is 4.10. The quantitative estimate of drug-likeness (QED) is 0.755. The molecule has 0 radical (unpaired) electrons. The van der Waals surface area contributed by atoms with Crippen molar-refractivity contribution in [3.63, 3.8) is 0 Å². The predicted octanol–water partition coefficient (Wildman–Crippen LogP) is 3.29. The molecule has 0 saturated heterocycles. The number of carbonyl (C=O) groups excluding carboxylic acids is 1. The number of carbonyl (C=O) groups is 1. The number of hydrogen-bond acceptors (Lipinski definition) is 3. The maximum Gasteiger partial charge on any atom is 0.242 e. The van der Waals surface area contributed by atoms with Gasteiger partial charge in [-0.05, 0) is 23.8 Å². The van der Waals surface area contributed by atoms with Gasteiger partial charge in [-0.25, -0.2) is 12.7 Å². The van der Waals surface area contributed by atoms with Crippen LogP contribution < -0.4 is 0 Å². The summed E-state index contributed by atoms with van der Waals surface area (Å²) < 4.78 is 26.2. The summed E-state index contributed by atoms with van der Waals surface area (Å²) in [5.74, 6) is -0.136. The first-order valence-electron chi connectivity index (χ1n) is 8.38. The highest BCUT2D eigenvalue weighted by molar-refractivity contribution is 7.89. The molecule has 0 bridgehead atoms. The van der Waals surface area contributed by atoms with E-state index in [1.165, 1.54) is 20.2 Å². The Hall–Kier alpha value is -2.44. The van der Waals surface area contributed by atoms with Crippen molar-refractivity contribution in [2.24, 2.45) is 0 Å². The summed E-state index contributed by atoms with van der Waals surface area (Å²) in [7, 11) is -0.635. The lowest BCUT2D eigenvalue weighted by atomic mass is 9.71. The highest BCUT2D eigenvalue weighted by Gasteiger charge is 2.40. The molecule has 0 fully saturated rings. The van der Waals surface area contributed by atoms with E-state index >= 15 is 0 Å². The van der Waals surface area contributed by atoms with Gasteiger partial charge in [-0.15, -0.1) is 0 Å². The van der Waals surface area contributed by atoms with Crippen LogP contribution in [0.2, 0.25) is 0 Å². The lowest BCUT2D eigenvalue weighted by Crippen LogP contribution is -2.31. The molecule has 1 aliphatic rings. The van der Waals surface area contributed by atoms with Crippen molar-refractivity contribution in [2.75, 3.05) is 14.1 Å². The van der Waals surface area contributed by atoms with Gasteiger partial charge in [-0.2, -0.15) is 0 Å². The topological polar surface area (TPSA) is 70.2 Å². The number of benzene rings is 2. The minimum Gasteiger partial charge on any atom is -0.357 e. The van der Waals surface area contributed by atoms with Gasteiger partial charge >= 0.3 is 0 Å². The second-order valence-electron chi connectivity index (χ2n) is 7.37. The standard InChI is InChI=1S/C20H20N2O3S/c1-20(2)15-10-9-12(26(24,25)22(3)4)11-14(15)18(23)17-13-7-5-6-8-16(13)21-19(17)20/h5-11,21H,1-4H3. The van der Waals surface area contributed by atoms with Crippen molar-refractivity contribution in [3.8, 4) is 0 Å². The van der Waals surface area contributed by atoms with E-state index in [-0.39, 0.29) is 10.7 Å². The fourth-order valence-corrected chi connectivity index (χ4v) is 4.67. The Kier molecular flexibility index (Phi) is 3.45. The highest BCUT2D eigenvalue weighted by atomic mass is 32.2. The molecule has 26 heavy (non-hydrogen) atoms. The Morgan fingerprint density at radius 1 is 1.04 bits per heavy atom. The SMILES string of the molecule is CN(C)S(=O)(=O)c1ccc2c(c1)C(=O)c1c([nH]c3ccccc13)C2(C)C. The number of rotatable bonds is 2. The van der Waals surface area contributed by atoms with Crippen LogP contribution in [0.3, 0.4) is 0 Å². The van der Waals surface area contributed by atoms with Crippen molar-refractivity contribution in [1.82, 2.24) is 9.29 Å². The molecule has 0 amide bonds. The summed E-state index contributed by atoms with van der Waals surface area (Å²) >= 11 is 0. The van der Waals surface area contributed by atoms with Crippen LogP contribution in [-0.4, -0.2) is 37.6 Å². The maximum absolute atomic E-state index is 13.3. The van der Waals surface area contributed by atoms with Crippen LogP contribution in [0.15, 0.2) is 47.4 Å². The van der Waals surface area contributed by atoms with E-state index in [2.05, 4.69) is 4.98 Å². The number of fused-ring (bicyclic) bond motifs is 4. The first-order valence-corrected chi connectivity index (χ1v) is 9.82. The third kappa shape index (κ3) is 2.12. The molecule has 0 saturated carbocycles. The van der Waals surface area contributed by atoms with Crippen LogP contribution in [0.5, 0.6) is 0 Å². The first-order chi connectivity index (χ1) is 12.2. The zero-order valence-electron chi connectivity index (χ0n) is 15.1. The number of ketones is 1. The van der Waals surface area contributed by atoms with Crippen molar-refractivity contribution in [1.29, 1.82) is 0 Å². The fourth-order valence-electron chi connectivity index (χ4n) is 3.74. The first kappa shape index (κ1) is 17.0. The minimum absolute atomic E-state index is 0.133. The summed E-state index contributed by atoms with van der Waals surface area (Å²) in [6, 6.07) is 12.6. The summed E-state index contributed by atoms with van der Waals surface area (Å²) in [4.78, 5) is 16.8. The summed E-state index contributed by atoms with van der Waals surface area (Å²) in [5, 5.41) is 0.868. The number of nitrogens with one attached hydrogen (secondary N) is 1. The molecule has 5 nitrogen and oxygen atoms in total. The van der Waals surface area contributed by atoms with Gasteiger partial charge in [0.1, 0.15) is 0 Å². The number of hydrogen-bond donors (Lipinski definition) is 1. The van der Waals surface area contributed by atoms with Gasteiger partial charge in [0.2, 0.25) is 10.0 Å². The molecule has 4 rings (SSSR count). The smallest absolute Gasteiger partial charge is 0.242 e. The van der Waals surface area contributed by atoms with Crippen molar-refractivity contribution in [2.45, 2.75) is 24.2 Å². The van der Waals surface area contributed by atoms with Crippen molar-refractivity contribution < 1.29 is 13.2 Å². The molecule has 1 aliphatic carbocycles. The Labute approximate surface area is 152 Å². The molecule has 0 aliphatic heterocycles. The number of para-hydroxylation sites is 1. The average Bonchev–Trinajstić information content (AvgIpc) is 3.00. The molecule has 0 atom stereocenters. The van der Waals surface area contributed by atoms with Crippen LogP contribution >= 0.6 is 0 Å². The molecule has 2 aromatic carbocycles. The number of nitrogens with zero attached hydrogens (tertiary/aromatic N) is 1. The fraction of sp³-hybridized carbons (Fsp3) is 0.250. The Morgan fingerprint density at radius 3 is 2.42 bits per heavy atom. The van der Waals surface area contributed by atoms with Crippen LogP contribution in [-0.2, 0) is 15.4 Å². The van der Waals surface area contributed by atoms with E-state index in [0.29, 0.717) is 11.1 Å². The van der Waals surface area contributed by atoms with Gasteiger partial charge in [-0.1, -0.05) is 38.1 Å². The molecular formula is C20H20N2O3S. The average molecular weight is 368 g/mol. The zero-order valence-corrected chi connectivity index (χ0v) is 15.9. The Morgan fingerprint density at radius 2 is 1.73 bits per heavy atom. The number of H-pyrrole nitrogens is 1. The number of aromatic nitrogens is 1. The minimum atomic E-state index is -3.60. The van der Waals surface area contributed by atoms with Crippen LogP contribution in [0, 0.1) is 0 Å². The summed E-state index contributed by atoms with van der Waals surface area (Å²) in [6.07, 6.45) is 0. The van der Waals surface area contributed by atoms with Crippen LogP contribution in [0.1, 0.15) is 41.0 Å². The normalized spacial score (nSPS) is 16.0. The van der Waals surface area contributed by atoms with Crippen LogP contribution in [0.25, 0.3) is 10.9 Å². The van der Waals surface area contributed by atoms with Gasteiger partial charge in [0, 0.05) is 41.7 Å².